The molecule has 1 aliphatic heterocycles. The van der Waals surface area contributed by atoms with E-state index < -0.39 is 57.6 Å². The molecule has 3 aromatic rings. The molecular weight excluding hydrogens is 604 g/mol. The van der Waals surface area contributed by atoms with Crippen molar-refractivity contribution in [1.29, 1.82) is 5.26 Å². The number of carbonyl (C=O) groups excluding carboxylic acids is 4. The monoisotopic (exact) mass is 629 g/mol. The van der Waals surface area contributed by atoms with E-state index >= 15 is 0 Å². The highest BCUT2D eigenvalue weighted by molar-refractivity contribution is 6.34. The lowest BCUT2D eigenvalue weighted by molar-refractivity contribution is -0.278. The van der Waals surface area contributed by atoms with E-state index in [0.29, 0.717) is 0 Å². The maximum absolute atomic E-state index is 13.6. The van der Waals surface area contributed by atoms with Gasteiger partial charge in [-0.15, -0.1) is 0 Å². The number of pyridine rings is 1. The quantitative estimate of drug-likeness (QED) is 0.113. The van der Waals surface area contributed by atoms with Gasteiger partial charge in [-0.3, -0.25) is 23.9 Å². The molecule has 12 nitrogen and oxygen atoms in total. The highest BCUT2D eigenvalue weighted by atomic mass is 16.5. The van der Waals surface area contributed by atoms with Gasteiger partial charge in [-0.2, -0.15) is 5.26 Å². The van der Waals surface area contributed by atoms with Crippen molar-refractivity contribution in [3.05, 3.63) is 140 Å². The van der Waals surface area contributed by atoms with Crippen molar-refractivity contribution in [2.75, 3.05) is 18.1 Å². The number of nitrogens with zero attached hydrogens (tertiary/aromatic N) is 4. The largest absolute Gasteiger partial charge is 0.859 e. The van der Waals surface area contributed by atoms with Crippen molar-refractivity contribution in [2.45, 2.75) is 13.8 Å². The smallest absolute Gasteiger partial charge is 0.340 e. The van der Waals surface area contributed by atoms with Gasteiger partial charge in [-0.1, -0.05) is 60.7 Å². The number of imide groups is 1. The molecule has 234 valence electrons. The number of carbonyl (C=O) groups is 4. The van der Waals surface area contributed by atoms with Crippen molar-refractivity contribution in [2.24, 2.45) is 0 Å². The molecule has 0 radical (unpaired) electrons. The van der Waals surface area contributed by atoms with E-state index in [-0.39, 0.29) is 35.7 Å². The number of hydrogen-bond donors (Lipinski definition) is 0. The number of rotatable bonds is 9. The highest BCUT2D eigenvalue weighted by Crippen LogP contribution is 2.31. The number of allylic oxidation sites excluding steroid dienone is 4. The lowest BCUT2D eigenvalue weighted by Gasteiger charge is -2.27. The molecule has 0 spiro atoms. The van der Waals surface area contributed by atoms with Crippen molar-refractivity contribution in [3.8, 4) is 17.6 Å². The molecule has 2 amide bonds. The van der Waals surface area contributed by atoms with Crippen LogP contribution in [0.3, 0.4) is 0 Å². The number of esters is 2. The summed E-state index contributed by atoms with van der Waals surface area (Å²) in [6, 6.07) is 17.4. The molecule has 0 unspecified atom stereocenters. The summed E-state index contributed by atoms with van der Waals surface area (Å²) in [5.74, 6) is -4.84. The minimum atomic E-state index is -1.04. The lowest BCUT2D eigenvalue weighted by Crippen LogP contribution is -2.44. The number of hydrogen-bond acceptors (Lipinski definition) is 9. The maximum Gasteiger partial charge on any atom is 0.340 e. The number of amides is 2. The third-order valence-corrected chi connectivity index (χ3v) is 6.67. The van der Waals surface area contributed by atoms with Crippen molar-refractivity contribution < 1.29 is 33.8 Å². The van der Waals surface area contributed by atoms with Crippen molar-refractivity contribution in [1.82, 2.24) is 4.57 Å². The summed E-state index contributed by atoms with van der Waals surface area (Å²) in [5, 5.41) is 23.4. The van der Waals surface area contributed by atoms with Crippen LogP contribution in [0.4, 0.5) is 5.69 Å². The molecule has 0 saturated heterocycles. The minimum absolute atomic E-state index is 0.0829. The summed E-state index contributed by atoms with van der Waals surface area (Å²) in [6.45, 7) is 10.5. The van der Waals surface area contributed by atoms with Gasteiger partial charge in [0.1, 0.15) is 11.6 Å². The first-order valence-electron chi connectivity index (χ1n) is 14.1. The summed E-state index contributed by atoms with van der Waals surface area (Å²) in [5.41, 5.74) is -3.46. The van der Waals surface area contributed by atoms with E-state index in [2.05, 4.69) is 4.85 Å². The molecule has 0 atom stereocenters. The molecule has 0 saturated carbocycles. The fourth-order valence-electron chi connectivity index (χ4n) is 4.67. The predicted molar refractivity (Wildman–Crippen MR) is 168 cm³/mol. The van der Waals surface area contributed by atoms with Crippen LogP contribution >= 0.6 is 0 Å². The fourth-order valence-corrected chi connectivity index (χ4v) is 4.67. The van der Waals surface area contributed by atoms with Gasteiger partial charge >= 0.3 is 11.9 Å². The molecule has 1 aromatic heterocycles. The van der Waals surface area contributed by atoms with Crippen LogP contribution in [0, 0.1) is 17.9 Å². The van der Waals surface area contributed by atoms with Crippen LogP contribution in [0.25, 0.3) is 16.6 Å². The van der Waals surface area contributed by atoms with Crippen LogP contribution in [-0.4, -0.2) is 41.5 Å². The van der Waals surface area contributed by atoms with Crippen LogP contribution in [0.2, 0.25) is 0 Å². The molecule has 2 heterocycles. The van der Waals surface area contributed by atoms with Gasteiger partial charge in [-0.05, 0) is 55.6 Å². The van der Waals surface area contributed by atoms with E-state index in [1.165, 1.54) is 68.5 Å². The van der Waals surface area contributed by atoms with Crippen LogP contribution in [0.15, 0.2) is 107 Å². The Morgan fingerprint density at radius 2 is 1.49 bits per heavy atom. The van der Waals surface area contributed by atoms with E-state index in [1.807, 2.05) is 0 Å². The Morgan fingerprint density at radius 3 is 2.06 bits per heavy atom. The van der Waals surface area contributed by atoms with Crippen LogP contribution in [0.1, 0.15) is 35.3 Å². The Kier molecular flexibility index (Phi) is 10.4. The van der Waals surface area contributed by atoms with Crippen molar-refractivity contribution in [3.63, 3.8) is 0 Å². The normalized spacial score (nSPS) is 14.0. The van der Waals surface area contributed by atoms with Gasteiger partial charge in [0.05, 0.1) is 36.6 Å². The van der Waals surface area contributed by atoms with E-state index in [4.69, 9.17) is 16.0 Å². The Balaban J connectivity index is 1.85. The number of benzene rings is 2. The van der Waals surface area contributed by atoms with Crippen LogP contribution in [-0.2, 0) is 23.9 Å². The van der Waals surface area contributed by atoms with E-state index in [9.17, 15) is 34.3 Å². The molecule has 1 aliphatic rings. The van der Waals surface area contributed by atoms with Gasteiger partial charge in [0, 0.05) is 11.3 Å². The van der Waals surface area contributed by atoms with E-state index in [0.717, 1.165) is 9.47 Å². The maximum atomic E-state index is 13.6. The fraction of sp³-hybridized carbons (Fsp3) is 0.114. The van der Waals surface area contributed by atoms with Gasteiger partial charge in [-0.25, -0.2) is 14.4 Å². The molecule has 47 heavy (non-hydrogen) atoms. The molecule has 2 aromatic carbocycles. The number of para-hydroxylation sites is 2. The van der Waals surface area contributed by atoms with Gasteiger partial charge in [0.2, 0.25) is 0 Å². The summed E-state index contributed by atoms with van der Waals surface area (Å²) in [4.78, 5) is 69.7. The molecule has 0 aliphatic carbocycles. The first kappa shape index (κ1) is 33.1. The van der Waals surface area contributed by atoms with Gasteiger partial charge < -0.3 is 14.6 Å². The van der Waals surface area contributed by atoms with Crippen LogP contribution in [0.5, 0.6) is 5.88 Å². The zero-order chi connectivity index (χ0) is 34.1. The second-order valence-corrected chi connectivity index (χ2v) is 9.44. The second-order valence-electron chi connectivity index (χ2n) is 9.44. The summed E-state index contributed by atoms with van der Waals surface area (Å²) in [6.07, 6.45) is 6.33. The predicted octanol–water partition coefficient (Wildman–Crippen LogP) is 3.77. The average Bonchev–Trinajstić information content (AvgIpc) is 3.07. The standard InChI is InChI=1S/C35H26N4O8/c1-4-46-34(44)27-24(30(40)38(32(42)26(27)21-36)22-15-9-6-10-16-22)19-13-8-14-20-25-28(35(45)47-5-2)29(37-3)33(43)39(31(25)41)23-17-11-7-12-18-23/h6-20,40H,4-5H2,1-2H3/p-1/b14-8?,19-13?,25-20-. The third kappa shape index (κ3) is 6.53. The Bertz CT molecular complexity index is 2030. The summed E-state index contributed by atoms with van der Waals surface area (Å²) >= 11 is 0. The molecule has 0 bridgehead atoms. The Morgan fingerprint density at radius 1 is 0.894 bits per heavy atom. The minimum Gasteiger partial charge on any atom is -0.859 e. The number of anilines is 1. The zero-order valence-electron chi connectivity index (χ0n) is 25.1. The first-order valence-corrected chi connectivity index (χ1v) is 14.1. The third-order valence-electron chi connectivity index (χ3n) is 6.67. The SMILES string of the molecule is [C-]#[N+]C1=C(C(=O)OCC)/C(=C/C=CC=Cc2c(C(=O)OCC)c(C#N)c(=O)n(-c3ccccc3)c2[O-])C(=O)N(c2ccccc2)C1=O. The lowest BCUT2D eigenvalue weighted by atomic mass is 9.96. The van der Waals surface area contributed by atoms with Gasteiger partial charge in [0.15, 0.2) is 0 Å². The number of nitriles is 1. The second kappa shape index (κ2) is 14.8. The Labute approximate surface area is 268 Å². The first-order chi connectivity index (χ1) is 22.7. The molecular formula is C35H25N4O8-. The highest BCUT2D eigenvalue weighted by Gasteiger charge is 2.41. The summed E-state index contributed by atoms with van der Waals surface area (Å²) in [7, 11) is 0. The average molecular weight is 630 g/mol. The van der Waals surface area contributed by atoms with E-state index in [1.54, 1.807) is 42.5 Å². The molecule has 12 heteroatoms. The zero-order valence-corrected chi connectivity index (χ0v) is 25.1. The number of aromatic nitrogens is 1. The van der Waals surface area contributed by atoms with Crippen molar-refractivity contribution >= 4 is 35.5 Å². The molecule has 0 N–H and O–H groups in total. The number of ether oxygens (including phenoxy) is 2. The van der Waals surface area contributed by atoms with Crippen LogP contribution < -0.4 is 15.6 Å². The van der Waals surface area contributed by atoms with Gasteiger partial charge in [0.25, 0.3) is 23.1 Å². The topological polar surface area (TPSA) is 163 Å². The summed E-state index contributed by atoms with van der Waals surface area (Å²) < 4.78 is 10.8. The molecule has 0 fully saturated rings. The Hall–Kier alpha value is -6.79. The molecule has 4 rings (SSSR count).